The van der Waals surface area contributed by atoms with Crippen LogP contribution in [0.4, 0.5) is 0 Å². The topological polar surface area (TPSA) is 49.6 Å². The molecule has 0 radical (unpaired) electrons. The summed E-state index contributed by atoms with van der Waals surface area (Å²) in [4.78, 5) is 21.4. The van der Waals surface area contributed by atoms with E-state index in [1.807, 2.05) is 16.5 Å². The van der Waals surface area contributed by atoms with Crippen molar-refractivity contribution in [1.82, 2.24) is 14.8 Å². The van der Waals surface area contributed by atoms with Gasteiger partial charge in [-0.15, -0.1) is 11.3 Å². The Hall–Kier alpha value is -1.66. The zero-order valence-corrected chi connectivity index (χ0v) is 12.5. The molecule has 2 aliphatic rings. The summed E-state index contributed by atoms with van der Waals surface area (Å²) >= 11 is 1.70. The third-order valence-corrected chi connectivity index (χ3v) is 5.13. The summed E-state index contributed by atoms with van der Waals surface area (Å²) in [6.45, 7) is 2.76. The Morgan fingerprint density at radius 3 is 2.81 bits per heavy atom. The molecule has 0 unspecified atom stereocenters. The van der Waals surface area contributed by atoms with E-state index in [-0.39, 0.29) is 5.91 Å². The Labute approximate surface area is 127 Å². The van der Waals surface area contributed by atoms with Gasteiger partial charge in [-0.05, 0) is 25.0 Å². The highest BCUT2D eigenvalue weighted by molar-refractivity contribution is 7.09. The predicted octanol–water partition coefficient (Wildman–Crippen LogP) is 2.23. The van der Waals surface area contributed by atoms with Crippen LogP contribution >= 0.6 is 11.3 Å². The van der Waals surface area contributed by atoms with Gasteiger partial charge in [0.25, 0.3) is 5.91 Å². The van der Waals surface area contributed by atoms with Crippen LogP contribution in [0.1, 0.15) is 28.4 Å². The molecule has 4 heterocycles. The first kappa shape index (κ1) is 13.0. The number of fused-ring (bicyclic) bond motifs is 2. The van der Waals surface area contributed by atoms with Crippen molar-refractivity contribution < 1.29 is 9.21 Å². The maximum Gasteiger partial charge on any atom is 0.290 e. The van der Waals surface area contributed by atoms with Gasteiger partial charge in [-0.1, -0.05) is 0 Å². The molecular formula is C15H17N3O2S. The Morgan fingerprint density at radius 2 is 2.19 bits per heavy atom. The predicted molar refractivity (Wildman–Crippen MR) is 79.1 cm³/mol. The van der Waals surface area contributed by atoms with Crippen LogP contribution in [0.3, 0.4) is 0 Å². The molecule has 2 aromatic heterocycles. The summed E-state index contributed by atoms with van der Waals surface area (Å²) < 4.78 is 5.27. The fraction of sp³-hybridized carbons (Fsp3) is 0.467. The third-order valence-electron chi connectivity index (χ3n) is 4.37. The number of hydrogen-bond acceptors (Lipinski definition) is 5. The number of amides is 1. The summed E-state index contributed by atoms with van der Waals surface area (Å²) in [5, 5.41) is 3.17. The van der Waals surface area contributed by atoms with Gasteiger partial charge in [-0.25, -0.2) is 4.98 Å². The summed E-state index contributed by atoms with van der Waals surface area (Å²) in [5.74, 6) is 0.502. The van der Waals surface area contributed by atoms with Crippen molar-refractivity contribution in [2.75, 3.05) is 13.1 Å². The summed E-state index contributed by atoms with van der Waals surface area (Å²) in [7, 11) is 0. The number of rotatable bonds is 3. The Bertz CT molecular complexity index is 597. The first-order chi connectivity index (χ1) is 10.3. The van der Waals surface area contributed by atoms with Crippen molar-refractivity contribution in [3.8, 4) is 0 Å². The van der Waals surface area contributed by atoms with E-state index < -0.39 is 0 Å². The SMILES string of the molecule is O=C(c1ccco1)N1[C@H]2CC[C@H]1CN(Cc1nccs1)C2. The molecule has 2 fully saturated rings. The number of thiazole rings is 1. The highest BCUT2D eigenvalue weighted by Gasteiger charge is 2.43. The summed E-state index contributed by atoms with van der Waals surface area (Å²) in [6.07, 6.45) is 5.59. The van der Waals surface area contributed by atoms with E-state index >= 15 is 0 Å². The first-order valence-electron chi connectivity index (χ1n) is 7.28. The van der Waals surface area contributed by atoms with Crippen molar-refractivity contribution in [2.24, 2.45) is 0 Å². The van der Waals surface area contributed by atoms with Crippen molar-refractivity contribution in [1.29, 1.82) is 0 Å². The molecule has 6 heteroatoms. The molecule has 0 aliphatic carbocycles. The van der Waals surface area contributed by atoms with Crippen LogP contribution in [0.5, 0.6) is 0 Å². The smallest absolute Gasteiger partial charge is 0.290 e. The molecule has 2 bridgehead atoms. The Balaban J connectivity index is 1.47. The average Bonchev–Trinajstić information content (AvgIpc) is 3.20. The largest absolute Gasteiger partial charge is 0.459 e. The molecule has 1 amide bonds. The van der Waals surface area contributed by atoms with Gasteiger partial charge in [0.15, 0.2) is 5.76 Å². The van der Waals surface area contributed by atoms with Gasteiger partial charge in [0.05, 0.1) is 12.8 Å². The zero-order valence-electron chi connectivity index (χ0n) is 11.6. The highest BCUT2D eigenvalue weighted by atomic mass is 32.1. The van der Waals surface area contributed by atoms with Gasteiger partial charge in [-0.2, -0.15) is 0 Å². The summed E-state index contributed by atoms with van der Waals surface area (Å²) in [5.41, 5.74) is 0. The molecule has 21 heavy (non-hydrogen) atoms. The molecule has 0 aromatic carbocycles. The minimum Gasteiger partial charge on any atom is -0.459 e. The van der Waals surface area contributed by atoms with E-state index in [2.05, 4.69) is 9.88 Å². The highest BCUT2D eigenvalue weighted by Crippen LogP contribution is 2.32. The van der Waals surface area contributed by atoms with Crippen LogP contribution in [0.2, 0.25) is 0 Å². The third kappa shape index (κ3) is 2.38. The lowest BCUT2D eigenvalue weighted by Crippen LogP contribution is -2.55. The molecule has 0 N–H and O–H groups in total. The van der Waals surface area contributed by atoms with Crippen LogP contribution < -0.4 is 0 Å². The fourth-order valence-electron chi connectivity index (χ4n) is 3.50. The number of aromatic nitrogens is 1. The standard InChI is InChI=1S/C15H17N3O2S/c19-15(13-2-1-6-20-13)18-11-3-4-12(18)9-17(8-11)10-14-16-5-7-21-14/h1-2,5-7,11-12H,3-4,8-10H2/t11-,12-/m0/s1. The quantitative estimate of drug-likeness (QED) is 0.872. The lowest BCUT2D eigenvalue weighted by atomic mass is 10.1. The molecular weight excluding hydrogens is 286 g/mol. The van der Waals surface area contributed by atoms with E-state index in [4.69, 9.17) is 4.42 Å². The number of carbonyl (C=O) groups excluding carboxylic acids is 1. The van der Waals surface area contributed by atoms with Crippen LogP contribution in [0, 0.1) is 0 Å². The van der Waals surface area contributed by atoms with Crippen molar-refractivity contribution in [2.45, 2.75) is 31.5 Å². The normalized spacial score (nSPS) is 25.4. The Morgan fingerprint density at radius 1 is 1.38 bits per heavy atom. The van der Waals surface area contributed by atoms with Gasteiger partial charge < -0.3 is 9.32 Å². The van der Waals surface area contributed by atoms with E-state index in [1.54, 1.807) is 29.7 Å². The van der Waals surface area contributed by atoms with E-state index in [1.165, 1.54) is 0 Å². The van der Waals surface area contributed by atoms with Gasteiger partial charge in [-0.3, -0.25) is 9.69 Å². The molecule has 2 aliphatic heterocycles. The molecule has 0 saturated carbocycles. The molecule has 4 rings (SSSR count). The maximum atomic E-state index is 12.5. The number of furan rings is 1. The maximum absolute atomic E-state index is 12.5. The van der Waals surface area contributed by atoms with Crippen LogP contribution in [0.25, 0.3) is 0 Å². The second kappa shape index (κ2) is 5.27. The van der Waals surface area contributed by atoms with Crippen LogP contribution in [-0.2, 0) is 6.54 Å². The lowest BCUT2D eigenvalue weighted by Gasteiger charge is -2.40. The molecule has 110 valence electrons. The minimum atomic E-state index is 0.0430. The van der Waals surface area contributed by atoms with Gasteiger partial charge in [0, 0.05) is 36.8 Å². The van der Waals surface area contributed by atoms with E-state index in [9.17, 15) is 4.79 Å². The number of piperazine rings is 1. The van der Waals surface area contributed by atoms with Crippen LogP contribution in [0.15, 0.2) is 34.4 Å². The van der Waals surface area contributed by atoms with Crippen LogP contribution in [-0.4, -0.2) is 45.9 Å². The van der Waals surface area contributed by atoms with E-state index in [0.717, 1.165) is 37.5 Å². The van der Waals surface area contributed by atoms with E-state index in [0.29, 0.717) is 17.8 Å². The van der Waals surface area contributed by atoms with Crippen molar-refractivity contribution in [3.63, 3.8) is 0 Å². The molecule has 2 atom stereocenters. The average molecular weight is 303 g/mol. The van der Waals surface area contributed by atoms with Crippen molar-refractivity contribution in [3.05, 3.63) is 40.7 Å². The second-order valence-electron chi connectivity index (χ2n) is 5.69. The van der Waals surface area contributed by atoms with Crippen molar-refractivity contribution >= 4 is 17.2 Å². The molecule has 0 spiro atoms. The number of hydrogen-bond donors (Lipinski definition) is 0. The number of likely N-dealkylation sites (tertiary alicyclic amines) is 1. The van der Waals surface area contributed by atoms with Gasteiger partial charge >= 0.3 is 0 Å². The molecule has 2 aromatic rings. The second-order valence-corrected chi connectivity index (χ2v) is 6.67. The minimum absolute atomic E-state index is 0.0430. The zero-order chi connectivity index (χ0) is 14.2. The monoisotopic (exact) mass is 303 g/mol. The van der Waals surface area contributed by atoms with Gasteiger partial charge in [0.2, 0.25) is 0 Å². The lowest BCUT2D eigenvalue weighted by molar-refractivity contribution is 0.0377. The first-order valence-corrected chi connectivity index (χ1v) is 8.16. The number of carbonyl (C=O) groups is 1. The number of nitrogens with zero attached hydrogens (tertiary/aromatic N) is 3. The fourth-order valence-corrected chi connectivity index (χ4v) is 4.16. The molecule has 2 saturated heterocycles. The Kier molecular flexibility index (Phi) is 3.27. The van der Waals surface area contributed by atoms with Gasteiger partial charge in [0.1, 0.15) is 5.01 Å². The summed E-state index contributed by atoms with van der Waals surface area (Å²) in [6, 6.07) is 4.14. The molecule has 5 nitrogen and oxygen atoms in total.